The van der Waals surface area contributed by atoms with Gasteiger partial charge in [0.05, 0.1) is 0 Å². The fourth-order valence-corrected chi connectivity index (χ4v) is 3.07. The molecular formula is C15H19NS. The zero-order valence-electron chi connectivity index (χ0n) is 10.7. The first-order valence-corrected chi connectivity index (χ1v) is 6.75. The third-order valence-corrected chi connectivity index (χ3v) is 4.00. The molecule has 0 radical (unpaired) electrons. The number of rotatable bonds is 3. The molecule has 0 aliphatic carbocycles. The molecule has 0 saturated heterocycles. The van der Waals surface area contributed by atoms with Crippen molar-refractivity contribution in [2.24, 2.45) is 5.73 Å². The largest absolute Gasteiger partial charge is 0.323 e. The third-order valence-electron chi connectivity index (χ3n) is 2.86. The van der Waals surface area contributed by atoms with Gasteiger partial charge in [0.25, 0.3) is 0 Å². The average Bonchev–Trinajstić information content (AvgIpc) is 2.63. The SMILES string of the molecule is Cc1cc(C)cc(CC(N)c2ccc(C)s2)c1. The first-order valence-electron chi connectivity index (χ1n) is 5.93. The molecule has 0 saturated carbocycles. The van der Waals surface area contributed by atoms with E-state index in [1.54, 1.807) is 11.3 Å². The average molecular weight is 245 g/mol. The summed E-state index contributed by atoms with van der Waals surface area (Å²) in [5.74, 6) is 0. The number of benzene rings is 1. The molecule has 2 aromatic rings. The molecule has 0 fully saturated rings. The van der Waals surface area contributed by atoms with Gasteiger partial charge in [-0.3, -0.25) is 0 Å². The van der Waals surface area contributed by atoms with Crippen molar-refractivity contribution in [1.82, 2.24) is 0 Å². The summed E-state index contributed by atoms with van der Waals surface area (Å²) in [4.78, 5) is 2.61. The summed E-state index contributed by atoms with van der Waals surface area (Å²) < 4.78 is 0. The number of aryl methyl sites for hydroxylation is 3. The van der Waals surface area contributed by atoms with Crippen molar-refractivity contribution in [3.05, 3.63) is 56.8 Å². The van der Waals surface area contributed by atoms with Gasteiger partial charge < -0.3 is 5.73 Å². The molecule has 1 nitrogen and oxygen atoms in total. The van der Waals surface area contributed by atoms with E-state index in [-0.39, 0.29) is 6.04 Å². The van der Waals surface area contributed by atoms with Crippen LogP contribution in [0.25, 0.3) is 0 Å². The van der Waals surface area contributed by atoms with Crippen LogP contribution in [0.1, 0.15) is 32.5 Å². The highest BCUT2D eigenvalue weighted by Gasteiger charge is 2.09. The molecule has 17 heavy (non-hydrogen) atoms. The van der Waals surface area contributed by atoms with Gasteiger partial charge in [0, 0.05) is 15.8 Å². The first kappa shape index (κ1) is 12.3. The zero-order chi connectivity index (χ0) is 12.4. The standard InChI is InChI=1S/C15H19NS/c1-10-6-11(2)8-13(7-10)9-14(16)15-5-4-12(3)17-15/h4-8,14H,9,16H2,1-3H3. The summed E-state index contributed by atoms with van der Waals surface area (Å²) in [6.07, 6.45) is 0.919. The van der Waals surface area contributed by atoms with Crippen LogP contribution in [0.2, 0.25) is 0 Å². The summed E-state index contributed by atoms with van der Waals surface area (Å²) >= 11 is 1.80. The molecule has 0 aliphatic rings. The quantitative estimate of drug-likeness (QED) is 0.871. The Morgan fingerprint density at radius 2 is 1.71 bits per heavy atom. The lowest BCUT2D eigenvalue weighted by atomic mass is 10.0. The Balaban J connectivity index is 2.15. The second-order valence-electron chi connectivity index (χ2n) is 4.75. The van der Waals surface area contributed by atoms with E-state index in [2.05, 4.69) is 51.1 Å². The highest BCUT2D eigenvalue weighted by molar-refractivity contribution is 7.12. The maximum absolute atomic E-state index is 6.25. The van der Waals surface area contributed by atoms with E-state index in [9.17, 15) is 0 Å². The molecule has 2 N–H and O–H groups in total. The number of hydrogen-bond donors (Lipinski definition) is 1. The van der Waals surface area contributed by atoms with E-state index in [0.29, 0.717) is 0 Å². The number of hydrogen-bond acceptors (Lipinski definition) is 2. The Bertz CT molecular complexity index is 493. The summed E-state index contributed by atoms with van der Waals surface area (Å²) in [7, 11) is 0. The predicted octanol–water partition coefficient (Wildman–Crippen LogP) is 3.92. The Hall–Kier alpha value is -1.12. The van der Waals surface area contributed by atoms with E-state index in [0.717, 1.165) is 6.42 Å². The van der Waals surface area contributed by atoms with Crippen molar-refractivity contribution in [1.29, 1.82) is 0 Å². The van der Waals surface area contributed by atoms with Crippen LogP contribution in [-0.4, -0.2) is 0 Å². The van der Waals surface area contributed by atoms with Crippen LogP contribution >= 0.6 is 11.3 Å². The molecule has 1 unspecified atom stereocenters. The molecule has 1 aromatic carbocycles. The fraction of sp³-hybridized carbons (Fsp3) is 0.333. The highest BCUT2D eigenvalue weighted by Crippen LogP contribution is 2.24. The minimum absolute atomic E-state index is 0.120. The van der Waals surface area contributed by atoms with Crippen molar-refractivity contribution in [3.8, 4) is 0 Å². The molecular weight excluding hydrogens is 226 g/mol. The van der Waals surface area contributed by atoms with E-state index < -0.39 is 0 Å². The maximum atomic E-state index is 6.25. The molecule has 1 aromatic heterocycles. The molecule has 2 heteroatoms. The lowest BCUT2D eigenvalue weighted by Crippen LogP contribution is -2.11. The van der Waals surface area contributed by atoms with Crippen LogP contribution in [0.5, 0.6) is 0 Å². The van der Waals surface area contributed by atoms with Gasteiger partial charge in [-0.25, -0.2) is 0 Å². The van der Waals surface area contributed by atoms with Crippen molar-refractivity contribution in [2.75, 3.05) is 0 Å². The van der Waals surface area contributed by atoms with Crippen molar-refractivity contribution < 1.29 is 0 Å². The van der Waals surface area contributed by atoms with Crippen LogP contribution in [0.15, 0.2) is 30.3 Å². The summed E-state index contributed by atoms with van der Waals surface area (Å²) in [6.45, 7) is 6.40. The van der Waals surface area contributed by atoms with Gasteiger partial charge in [0.2, 0.25) is 0 Å². The number of thiophene rings is 1. The topological polar surface area (TPSA) is 26.0 Å². The van der Waals surface area contributed by atoms with Gasteiger partial charge in [0.15, 0.2) is 0 Å². The van der Waals surface area contributed by atoms with Gasteiger partial charge in [-0.2, -0.15) is 0 Å². The predicted molar refractivity (Wildman–Crippen MR) is 75.6 cm³/mol. The Labute approximate surface area is 107 Å². The van der Waals surface area contributed by atoms with E-state index in [1.807, 2.05) is 0 Å². The van der Waals surface area contributed by atoms with Gasteiger partial charge in [-0.05, 0) is 44.9 Å². The van der Waals surface area contributed by atoms with E-state index >= 15 is 0 Å². The minimum atomic E-state index is 0.120. The Morgan fingerprint density at radius 3 is 2.24 bits per heavy atom. The summed E-state index contributed by atoms with van der Waals surface area (Å²) in [5, 5.41) is 0. The molecule has 1 heterocycles. The molecule has 0 bridgehead atoms. The number of nitrogens with two attached hydrogens (primary N) is 1. The molecule has 1 atom stereocenters. The second-order valence-corrected chi connectivity index (χ2v) is 6.07. The van der Waals surface area contributed by atoms with Gasteiger partial charge in [-0.1, -0.05) is 29.3 Å². The summed E-state index contributed by atoms with van der Waals surface area (Å²) in [5.41, 5.74) is 10.2. The Morgan fingerprint density at radius 1 is 1.06 bits per heavy atom. The van der Waals surface area contributed by atoms with Crippen LogP contribution in [0.3, 0.4) is 0 Å². The smallest absolute Gasteiger partial charge is 0.0430 e. The Kier molecular flexibility index (Phi) is 3.65. The lowest BCUT2D eigenvalue weighted by Gasteiger charge is -2.11. The minimum Gasteiger partial charge on any atom is -0.323 e. The van der Waals surface area contributed by atoms with Gasteiger partial charge in [-0.15, -0.1) is 11.3 Å². The second kappa shape index (κ2) is 5.03. The van der Waals surface area contributed by atoms with Crippen LogP contribution in [-0.2, 0) is 6.42 Å². The van der Waals surface area contributed by atoms with Gasteiger partial charge >= 0.3 is 0 Å². The maximum Gasteiger partial charge on any atom is 0.0430 e. The molecule has 2 rings (SSSR count). The fourth-order valence-electron chi connectivity index (χ4n) is 2.19. The first-order chi connectivity index (χ1) is 8.04. The zero-order valence-corrected chi connectivity index (χ0v) is 11.5. The molecule has 0 amide bonds. The van der Waals surface area contributed by atoms with Crippen molar-refractivity contribution in [2.45, 2.75) is 33.2 Å². The third kappa shape index (κ3) is 3.18. The van der Waals surface area contributed by atoms with Crippen LogP contribution < -0.4 is 5.73 Å². The van der Waals surface area contributed by atoms with Gasteiger partial charge in [0.1, 0.15) is 0 Å². The van der Waals surface area contributed by atoms with Crippen molar-refractivity contribution in [3.63, 3.8) is 0 Å². The monoisotopic (exact) mass is 245 g/mol. The highest BCUT2D eigenvalue weighted by atomic mass is 32.1. The normalized spacial score (nSPS) is 12.7. The van der Waals surface area contributed by atoms with Crippen molar-refractivity contribution >= 4 is 11.3 Å². The van der Waals surface area contributed by atoms with E-state index in [1.165, 1.54) is 26.4 Å². The van der Waals surface area contributed by atoms with E-state index in [4.69, 9.17) is 5.73 Å². The van der Waals surface area contributed by atoms with Crippen LogP contribution in [0.4, 0.5) is 0 Å². The summed E-state index contributed by atoms with van der Waals surface area (Å²) in [6, 6.07) is 11.1. The molecule has 90 valence electrons. The van der Waals surface area contributed by atoms with Crippen LogP contribution in [0, 0.1) is 20.8 Å². The lowest BCUT2D eigenvalue weighted by molar-refractivity contribution is 0.735. The molecule has 0 spiro atoms. The molecule has 0 aliphatic heterocycles.